The molecule has 10 heteroatoms. The second-order valence-electron chi connectivity index (χ2n) is 7.57. The van der Waals surface area contributed by atoms with E-state index in [-0.39, 0.29) is 25.9 Å². The van der Waals surface area contributed by atoms with E-state index in [4.69, 9.17) is 0 Å². The van der Waals surface area contributed by atoms with Gasteiger partial charge in [-0.15, -0.1) is 0 Å². The first-order valence-electron chi connectivity index (χ1n) is 10.5. The minimum absolute atomic E-state index is 0.0968. The van der Waals surface area contributed by atoms with Gasteiger partial charge in [-0.2, -0.15) is 26.3 Å². The molecule has 1 rings (SSSR count). The number of hydrogen-bond donors (Lipinski definition) is 1. The second-order valence-corrected chi connectivity index (χ2v) is 7.57. The molecular weight excluding hydrogens is 464 g/mol. The van der Waals surface area contributed by atoms with Crippen LogP contribution < -0.4 is 0 Å². The first-order chi connectivity index (χ1) is 15.8. The summed E-state index contributed by atoms with van der Waals surface area (Å²) in [5.74, 6) is -0.513. The van der Waals surface area contributed by atoms with E-state index >= 15 is 0 Å². The van der Waals surface area contributed by atoms with E-state index in [0.29, 0.717) is 11.1 Å². The van der Waals surface area contributed by atoms with Gasteiger partial charge in [0, 0.05) is 13.1 Å². The molecular formula is C24H29F6NO3. The van der Waals surface area contributed by atoms with Crippen LogP contribution in [0.25, 0.3) is 0 Å². The number of likely N-dealkylation sites (tertiary alicyclic amines) is 1. The monoisotopic (exact) mass is 493 g/mol. The summed E-state index contributed by atoms with van der Waals surface area (Å²) < 4.78 is 80.2. The van der Waals surface area contributed by atoms with Crippen molar-refractivity contribution in [1.29, 1.82) is 0 Å². The van der Waals surface area contributed by atoms with Crippen molar-refractivity contribution in [3.05, 3.63) is 72.9 Å². The molecule has 34 heavy (non-hydrogen) atoms. The highest BCUT2D eigenvalue weighted by Crippen LogP contribution is 2.41. The van der Waals surface area contributed by atoms with Crippen molar-refractivity contribution in [2.75, 3.05) is 13.1 Å². The number of rotatable bonds is 8. The summed E-state index contributed by atoms with van der Waals surface area (Å²) in [6.07, 6.45) is -4.31. The first-order valence-corrected chi connectivity index (χ1v) is 10.5. The number of amides is 1. The molecule has 1 N–H and O–H groups in total. The van der Waals surface area contributed by atoms with E-state index in [1.54, 1.807) is 50.3 Å². The Hall–Kier alpha value is -2.75. The molecule has 1 aliphatic rings. The number of ether oxygens (including phenoxy) is 1. The summed E-state index contributed by atoms with van der Waals surface area (Å²) in [6.45, 7) is 10.3. The lowest BCUT2D eigenvalue weighted by molar-refractivity contribution is -0.308. The van der Waals surface area contributed by atoms with Gasteiger partial charge in [0.15, 0.2) is 0 Å². The maximum atomic E-state index is 12.7. The Kier molecular flexibility index (Phi) is 10.4. The SMILES string of the molecule is C=C/C=C\C(=C/C)C(O)(C(/C=C\C)=C/C=C)C1CCN(C(=O)OC(C(F)(F)F)C(F)(F)F)CC1. The molecule has 4 nitrogen and oxygen atoms in total. The number of carbonyl (C=O) groups is 1. The van der Waals surface area contributed by atoms with E-state index in [0.717, 1.165) is 4.90 Å². The van der Waals surface area contributed by atoms with Crippen LogP contribution in [0.4, 0.5) is 31.1 Å². The third-order valence-corrected chi connectivity index (χ3v) is 5.40. The van der Waals surface area contributed by atoms with Gasteiger partial charge in [0.2, 0.25) is 0 Å². The smallest absolute Gasteiger partial charge is 0.426 e. The standard InChI is InChI=1S/C24H29F6NO3/c1-5-9-12-17(8-4)22(33,18(10-6-2)11-7-3)19-13-15-31(16-14-19)21(32)34-20(23(25,26)27)24(28,29)30/h5-12,19-20,33H,1-2,13-16H2,3-4H3/b11-7-,12-9-,17-8+,18-10+. The molecule has 0 aromatic rings. The van der Waals surface area contributed by atoms with Crippen LogP contribution in [-0.4, -0.2) is 53.2 Å². The number of nitrogens with zero attached hydrogens (tertiary/aromatic N) is 1. The van der Waals surface area contributed by atoms with E-state index in [1.807, 2.05) is 0 Å². The maximum absolute atomic E-state index is 12.7. The largest absolute Gasteiger partial charge is 0.434 e. The molecule has 1 saturated heterocycles. The minimum Gasteiger partial charge on any atom is -0.426 e. The van der Waals surface area contributed by atoms with Crippen LogP contribution in [0.15, 0.2) is 72.9 Å². The van der Waals surface area contributed by atoms with E-state index in [9.17, 15) is 36.2 Å². The summed E-state index contributed by atoms with van der Waals surface area (Å²) in [6, 6.07) is 0. The summed E-state index contributed by atoms with van der Waals surface area (Å²) in [5.41, 5.74) is -0.568. The first kappa shape index (κ1) is 29.3. The highest BCUT2D eigenvalue weighted by atomic mass is 19.4. The van der Waals surface area contributed by atoms with Gasteiger partial charge in [0.25, 0.3) is 6.10 Å². The molecule has 1 unspecified atom stereocenters. The Morgan fingerprint density at radius 2 is 1.56 bits per heavy atom. The molecule has 0 radical (unpaired) electrons. The molecule has 0 aliphatic carbocycles. The van der Waals surface area contributed by atoms with Crippen LogP contribution in [0.5, 0.6) is 0 Å². The van der Waals surface area contributed by atoms with Crippen molar-refractivity contribution in [3.8, 4) is 0 Å². The maximum Gasteiger partial charge on any atom is 0.434 e. The molecule has 1 atom stereocenters. The van der Waals surface area contributed by atoms with Crippen molar-refractivity contribution in [1.82, 2.24) is 4.90 Å². The van der Waals surface area contributed by atoms with Crippen molar-refractivity contribution < 1.29 is 41.0 Å². The number of hydrogen-bond acceptors (Lipinski definition) is 3. The molecule has 0 saturated carbocycles. The van der Waals surface area contributed by atoms with Gasteiger partial charge in [0.1, 0.15) is 5.60 Å². The van der Waals surface area contributed by atoms with Gasteiger partial charge in [0.05, 0.1) is 0 Å². The number of carbonyl (C=O) groups excluding carboxylic acids is 1. The van der Waals surface area contributed by atoms with Gasteiger partial charge in [-0.3, -0.25) is 0 Å². The van der Waals surface area contributed by atoms with Gasteiger partial charge in [-0.1, -0.05) is 61.8 Å². The average Bonchev–Trinajstić information content (AvgIpc) is 2.76. The molecule has 1 heterocycles. The van der Waals surface area contributed by atoms with Crippen molar-refractivity contribution >= 4 is 6.09 Å². The van der Waals surface area contributed by atoms with Gasteiger partial charge in [-0.05, 0) is 43.8 Å². The van der Waals surface area contributed by atoms with E-state index in [1.165, 1.54) is 12.2 Å². The predicted octanol–water partition coefficient (Wildman–Crippen LogP) is 6.44. The summed E-state index contributed by atoms with van der Waals surface area (Å²) in [7, 11) is 0. The summed E-state index contributed by atoms with van der Waals surface area (Å²) >= 11 is 0. The Labute approximate surface area is 195 Å². The van der Waals surface area contributed by atoms with Crippen LogP contribution in [0, 0.1) is 5.92 Å². The predicted molar refractivity (Wildman–Crippen MR) is 118 cm³/mol. The zero-order valence-corrected chi connectivity index (χ0v) is 19.0. The Morgan fingerprint density at radius 1 is 1.00 bits per heavy atom. The van der Waals surface area contributed by atoms with Crippen LogP contribution >= 0.6 is 0 Å². The highest BCUT2D eigenvalue weighted by molar-refractivity contribution is 5.68. The van der Waals surface area contributed by atoms with Crippen LogP contribution in [-0.2, 0) is 4.74 Å². The summed E-state index contributed by atoms with van der Waals surface area (Å²) in [5, 5.41) is 11.9. The van der Waals surface area contributed by atoms with Crippen LogP contribution in [0.1, 0.15) is 26.7 Å². The molecule has 0 aromatic carbocycles. The van der Waals surface area contributed by atoms with Crippen LogP contribution in [0.2, 0.25) is 0 Å². The third kappa shape index (κ3) is 7.12. The molecule has 190 valence electrons. The van der Waals surface area contributed by atoms with Gasteiger partial charge >= 0.3 is 18.4 Å². The number of alkyl halides is 6. The van der Waals surface area contributed by atoms with Gasteiger partial charge < -0.3 is 14.7 Å². The molecule has 1 aliphatic heterocycles. The molecule has 1 amide bonds. The minimum atomic E-state index is -5.79. The fraction of sp³-hybridized carbons (Fsp3) is 0.458. The zero-order valence-electron chi connectivity index (χ0n) is 19.0. The number of halogens is 6. The second kappa shape index (κ2) is 12.1. The lowest BCUT2D eigenvalue weighted by Crippen LogP contribution is -2.51. The van der Waals surface area contributed by atoms with Gasteiger partial charge in [-0.25, -0.2) is 4.79 Å². The summed E-state index contributed by atoms with van der Waals surface area (Å²) in [4.78, 5) is 12.9. The topological polar surface area (TPSA) is 49.8 Å². The number of piperidine rings is 1. The lowest BCUT2D eigenvalue weighted by Gasteiger charge is -2.43. The zero-order chi connectivity index (χ0) is 26.2. The number of aliphatic hydroxyl groups is 1. The fourth-order valence-corrected chi connectivity index (χ4v) is 3.84. The highest BCUT2D eigenvalue weighted by Gasteiger charge is 2.60. The third-order valence-electron chi connectivity index (χ3n) is 5.40. The Balaban J connectivity index is 3.20. The Morgan fingerprint density at radius 3 is 1.97 bits per heavy atom. The van der Waals surface area contributed by atoms with Crippen molar-refractivity contribution in [2.24, 2.45) is 5.92 Å². The molecule has 0 spiro atoms. The average molecular weight is 493 g/mol. The van der Waals surface area contributed by atoms with Crippen molar-refractivity contribution in [3.63, 3.8) is 0 Å². The van der Waals surface area contributed by atoms with Crippen LogP contribution in [0.3, 0.4) is 0 Å². The molecule has 0 bridgehead atoms. The normalized spacial score (nSPS) is 19.1. The quantitative estimate of drug-likeness (QED) is 0.313. The fourth-order valence-electron chi connectivity index (χ4n) is 3.84. The Bertz CT molecular complexity index is 832. The lowest BCUT2D eigenvalue weighted by atomic mass is 9.70. The number of allylic oxidation sites excluding steroid dienone is 6. The van der Waals surface area contributed by atoms with E-state index < -0.39 is 36.1 Å². The molecule has 0 aromatic heterocycles. The molecule has 1 fully saturated rings. The van der Waals surface area contributed by atoms with E-state index in [2.05, 4.69) is 17.9 Å². The van der Waals surface area contributed by atoms with Crippen molar-refractivity contribution in [2.45, 2.75) is 50.7 Å².